The molecule has 0 saturated carbocycles. The van der Waals surface area contributed by atoms with E-state index in [0.29, 0.717) is 12.5 Å². The Hall–Kier alpha value is -1.54. The third-order valence-electron chi connectivity index (χ3n) is 3.84. The molecule has 1 unspecified atom stereocenters. The van der Waals surface area contributed by atoms with Crippen LogP contribution in [0.25, 0.3) is 6.08 Å². The van der Waals surface area contributed by atoms with E-state index in [1.807, 2.05) is 30.3 Å². The lowest BCUT2D eigenvalue weighted by atomic mass is 9.97. The Morgan fingerprint density at radius 1 is 1.23 bits per heavy atom. The topological polar surface area (TPSA) is 18.5 Å². The van der Waals surface area contributed by atoms with Crippen molar-refractivity contribution in [2.75, 3.05) is 13.7 Å². The van der Waals surface area contributed by atoms with E-state index in [4.69, 9.17) is 9.47 Å². The molecule has 0 amide bonds. The molecule has 122 valence electrons. The zero-order chi connectivity index (χ0) is 16.4. The van der Waals surface area contributed by atoms with Gasteiger partial charge in [0, 0.05) is 0 Å². The third-order valence-corrected chi connectivity index (χ3v) is 3.84. The van der Waals surface area contributed by atoms with Crippen molar-refractivity contribution in [3.8, 4) is 5.75 Å². The summed E-state index contributed by atoms with van der Waals surface area (Å²) in [6.45, 7) is 11.0. The van der Waals surface area contributed by atoms with E-state index in [1.165, 1.54) is 12.8 Å². The van der Waals surface area contributed by atoms with Crippen LogP contribution in [0, 0.1) is 5.92 Å². The van der Waals surface area contributed by atoms with Gasteiger partial charge in [-0.3, -0.25) is 0 Å². The van der Waals surface area contributed by atoms with Gasteiger partial charge in [-0.25, -0.2) is 0 Å². The van der Waals surface area contributed by atoms with Gasteiger partial charge in [0.05, 0.1) is 19.3 Å². The van der Waals surface area contributed by atoms with Gasteiger partial charge in [0.15, 0.2) is 0 Å². The molecule has 0 heterocycles. The molecule has 0 aliphatic carbocycles. The minimum absolute atomic E-state index is 0.0782. The van der Waals surface area contributed by atoms with Crippen LogP contribution in [0.15, 0.2) is 43.0 Å². The summed E-state index contributed by atoms with van der Waals surface area (Å²) in [7, 11) is 1.68. The van der Waals surface area contributed by atoms with Gasteiger partial charge < -0.3 is 9.47 Å². The standard InChI is InChI=1S/C20H30O2/c1-6-17(2)9-7-15-20(3,4)22-16-8-10-18-11-13-19(21-5)14-12-18/h6,8,10-14,17H,1,7,9,15-16H2,2-5H3/b10-8+. The van der Waals surface area contributed by atoms with Gasteiger partial charge in [-0.15, -0.1) is 6.58 Å². The van der Waals surface area contributed by atoms with Crippen LogP contribution in [0.5, 0.6) is 5.75 Å². The monoisotopic (exact) mass is 302 g/mol. The lowest BCUT2D eigenvalue weighted by Crippen LogP contribution is -2.24. The number of hydrogen-bond acceptors (Lipinski definition) is 2. The minimum atomic E-state index is -0.0782. The fourth-order valence-electron chi connectivity index (χ4n) is 2.21. The average molecular weight is 302 g/mol. The lowest BCUT2D eigenvalue weighted by molar-refractivity contribution is -0.00909. The first-order valence-corrected chi connectivity index (χ1v) is 8.04. The predicted octanol–water partition coefficient (Wildman–Crippen LogP) is 5.50. The number of allylic oxidation sites excluding steroid dienone is 1. The van der Waals surface area contributed by atoms with Crippen molar-refractivity contribution < 1.29 is 9.47 Å². The summed E-state index contributed by atoms with van der Waals surface area (Å²) in [6, 6.07) is 8.00. The lowest BCUT2D eigenvalue weighted by Gasteiger charge is -2.25. The maximum absolute atomic E-state index is 5.97. The average Bonchev–Trinajstić information content (AvgIpc) is 2.51. The Balaban J connectivity index is 2.31. The van der Waals surface area contributed by atoms with E-state index in [1.54, 1.807) is 7.11 Å². The van der Waals surface area contributed by atoms with E-state index in [-0.39, 0.29) is 5.60 Å². The number of rotatable bonds is 10. The smallest absolute Gasteiger partial charge is 0.118 e. The molecule has 0 saturated heterocycles. The summed E-state index contributed by atoms with van der Waals surface area (Å²) in [5.41, 5.74) is 1.08. The summed E-state index contributed by atoms with van der Waals surface area (Å²) < 4.78 is 11.1. The molecule has 2 heteroatoms. The third kappa shape index (κ3) is 7.46. The number of benzene rings is 1. The molecule has 0 spiro atoms. The second-order valence-corrected chi connectivity index (χ2v) is 6.35. The molecule has 1 aromatic carbocycles. The molecule has 0 aliphatic heterocycles. The molecule has 0 aliphatic rings. The van der Waals surface area contributed by atoms with Crippen molar-refractivity contribution in [3.63, 3.8) is 0 Å². The highest BCUT2D eigenvalue weighted by Gasteiger charge is 2.17. The molecule has 0 bridgehead atoms. The molecule has 22 heavy (non-hydrogen) atoms. The fraction of sp³-hybridized carbons (Fsp3) is 0.500. The summed E-state index contributed by atoms with van der Waals surface area (Å²) in [5.74, 6) is 1.47. The Labute approximate surface area is 135 Å². The van der Waals surface area contributed by atoms with Gasteiger partial charge in [0.25, 0.3) is 0 Å². The summed E-state index contributed by atoms with van der Waals surface area (Å²) in [6.07, 6.45) is 9.58. The Bertz CT molecular complexity index is 457. The van der Waals surface area contributed by atoms with Gasteiger partial charge >= 0.3 is 0 Å². The number of hydrogen-bond donors (Lipinski definition) is 0. The first-order chi connectivity index (χ1) is 10.5. The summed E-state index contributed by atoms with van der Waals surface area (Å²) in [4.78, 5) is 0. The van der Waals surface area contributed by atoms with Crippen LogP contribution in [0.4, 0.5) is 0 Å². The van der Waals surface area contributed by atoms with Gasteiger partial charge in [-0.1, -0.05) is 43.7 Å². The van der Waals surface area contributed by atoms with Crippen LogP contribution >= 0.6 is 0 Å². The Morgan fingerprint density at radius 2 is 1.91 bits per heavy atom. The zero-order valence-corrected chi connectivity index (χ0v) is 14.5. The van der Waals surface area contributed by atoms with Crippen molar-refractivity contribution in [1.29, 1.82) is 0 Å². The van der Waals surface area contributed by atoms with Crippen LogP contribution in [-0.2, 0) is 4.74 Å². The molecule has 1 rings (SSSR count). The molecule has 2 nitrogen and oxygen atoms in total. The second-order valence-electron chi connectivity index (χ2n) is 6.35. The molecular formula is C20H30O2. The maximum atomic E-state index is 5.97. The number of ether oxygens (including phenoxy) is 2. The van der Waals surface area contributed by atoms with Crippen LogP contribution < -0.4 is 4.74 Å². The van der Waals surface area contributed by atoms with E-state index in [9.17, 15) is 0 Å². The van der Waals surface area contributed by atoms with Gasteiger partial charge in [0.1, 0.15) is 5.75 Å². The summed E-state index contributed by atoms with van der Waals surface area (Å²) >= 11 is 0. The normalized spacial score (nSPS) is 13.3. The summed E-state index contributed by atoms with van der Waals surface area (Å²) in [5, 5.41) is 0. The van der Waals surface area contributed by atoms with Crippen molar-refractivity contribution in [2.45, 2.75) is 45.6 Å². The largest absolute Gasteiger partial charge is 0.497 e. The van der Waals surface area contributed by atoms with Crippen LogP contribution in [0.2, 0.25) is 0 Å². The maximum Gasteiger partial charge on any atom is 0.118 e. The molecule has 0 aromatic heterocycles. The predicted molar refractivity (Wildman–Crippen MR) is 95.3 cm³/mol. The molecule has 1 aromatic rings. The van der Waals surface area contributed by atoms with Gasteiger partial charge in [-0.2, -0.15) is 0 Å². The van der Waals surface area contributed by atoms with Crippen LogP contribution in [-0.4, -0.2) is 19.3 Å². The highest BCUT2D eigenvalue weighted by molar-refractivity contribution is 5.50. The molecule has 0 radical (unpaired) electrons. The van der Waals surface area contributed by atoms with Gasteiger partial charge in [0.2, 0.25) is 0 Å². The van der Waals surface area contributed by atoms with Crippen molar-refractivity contribution in [3.05, 3.63) is 48.6 Å². The first kappa shape index (κ1) is 18.5. The first-order valence-electron chi connectivity index (χ1n) is 8.04. The van der Waals surface area contributed by atoms with Crippen molar-refractivity contribution >= 4 is 6.08 Å². The molecular weight excluding hydrogens is 272 g/mol. The quantitative estimate of drug-likeness (QED) is 0.532. The minimum Gasteiger partial charge on any atom is -0.497 e. The SMILES string of the molecule is C=CC(C)CCCC(C)(C)OC/C=C/c1ccc(OC)cc1. The molecule has 1 atom stereocenters. The Morgan fingerprint density at radius 3 is 2.50 bits per heavy atom. The van der Waals surface area contributed by atoms with E-state index < -0.39 is 0 Å². The fourth-order valence-corrected chi connectivity index (χ4v) is 2.21. The van der Waals surface area contributed by atoms with E-state index in [0.717, 1.165) is 17.7 Å². The zero-order valence-electron chi connectivity index (χ0n) is 14.5. The highest BCUT2D eigenvalue weighted by Crippen LogP contribution is 2.20. The molecule has 0 fully saturated rings. The van der Waals surface area contributed by atoms with Crippen LogP contribution in [0.1, 0.15) is 45.6 Å². The highest BCUT2D eigenvalue weighted by atomic mass is 16.5. The second kappa shape index (κ2) is 9.47. The van der Waals surface area contributed by atoms with Crippen LogP contribution in [0.3, 0.4) is 0 Å². The van der Waals surface area contributed by atoms with Crippen molar-refractivity contribution in [2.24, 2.45) is 5.92 Å². The Kier molecular flexibility index (Phi) is 7.97. The molecule has 0 N–H and O–H groups in total. The van der Waals surface area contributed by atoms with Gasteiger partial charge in [-0.05, 0) is 50.3 Å². The number of methoxy groups -OCH3 is 1. The van der Waals surface area contributed by atoms with E-state index in [2.05, 4.69) is 39.5 Å². The van der Waals surface area contributed by atoms with E-state index >= 15 is 0 Å². The van der Waals surface area contributed by atoms with Crippen molar-refractivity contribution in [1.82, 2.24) is 0 Å².